The van der Waals surface area contributed by atoms with E-state index in [-0.39, 0.29) is 12.5 Å². The van der Waals surface area contributed by atoms with Crippen LogP contribution in [0, 0.1) is 0 Å². The molecule has 16 heavy (non-hydrogen) atoms. The van der Waals surface area contributed by atoms with Gasteiger partial charge in [0.15, 0.2) is 0 Å². The predicted octanol–water partition coefficient (Wildman–Crippen LogP) is 3.55. The van der Waals surface area contributed by atoms with Crippen LogP contribution in [0.15, 0.2) is 22.7 Å². The second-order valence-corrected chi connectivity index (χ2v) is 5.18. The number of rotatable bonds is 5. The Morgan fingerprint density at radius 1 is 1.44 bits per heavy atom. The van der Waals surface area contributed by atoms with Gasteiger partial charge in [-0.3, -0.25) is 0 Å². The molecule has 0 bridgehead atoms. The molecule has 1 aromatic carbocycles. The Bertz CT molecular complexity index is 342. The Hall–Kier alpha value is -0.250. The highest BCUT2D eigenvalue weighted by molar-refractivity contribution is 9.10. The summed E-state index contributed by atoms with van der Waals surface area (Å²) in [4.78, 5) is 0. The number of aliphatic hydroxyl groups excluding tert-OH is 1. The summed E-state index contributed by atoms with van der Waals surface area (Å²) in [5.74, 6) is 1.37. The summed E-state index contributed by atoms with van der Waals surface area (Å²) in [7, 11) is 0. The number of aliphatic hydroxyl groups is 1. The van der Waals surface area contributed by atoms with Crippen LogP contribution in [0.4, 0.5) is 0 Å². The summed E-state index contributed by atoms with van der Waals surface area (Å²) >= 11 is 8.94. The first-order valence-electron chi connectivity index (χ1n) is 5.21. The second-order valence-electron chi connectivity index (χ2n) is 3.96. The van der Waals surface area contributed by atoms with Crippen LogP contribution in [0.2, 0.25) is 0 Å². The van der Waals surface area contributed by atoms with E-state index in [2.05, 4.69) is 29.8 Å². The quantitative estimate of drug-likeness (QED) is 0.843. The Balaban J connectivity index is 2.78. The molecule has 0 heterocycles. The normalized spacial score (nSPS) is 12.9. The van der Waals surface area contributed by atoms with Gasteiger partial charge in [-0.1, -0.05) is 29.8 Å². The summed E-state index contributed by atoms with van der Waals surface area (Å²) in [6, 6.07) is 5.86. The Labute approximate surface area is 110 Å². The smallest absolute Gasteiger partial charge is 0.122 e. The number of benzene rings is 1. The van der Waals surface area contributed by atoms with Gasteiger partial charge in [0, 0.05) is 4.47 Å². The molecule has 0 aromatic heterocycles. The van der Waals surface area contributed by atoms with Crippen molar-refractivity contribution in [1.29, 1.82) is 0 Å². The molecule has 1 N–H and O–H groups in total. The molecule has 1 unspecified atom stereocenters. The number of ether oxygens (including phenoxy) is 1. The molecule has 0 fully saturated rings. The van der Waals surface area contributed by atoms with Gasteiger partial charge in [0.25, 0.3) is 0 Å². The van der Waals surface area contributed by atoms with E-state index < -0.39 is 6.10 Å². The molecule has 0 spiro atoms. The third kappa shape index (κ3) is 3.96. The first-order valence-corrected chi connectivity index (χ1v) is 6.53. The van der Waals surface area contributed by atoms with Crippen LogP contribution in [-0.4, -0.2) is 23.7 Å². The highest BCUT2D eigenvalue weighted by Crippen LogP contribution is 2.29. The predicted molar refractivity (Wildman–Crippen MR) is 70.5 cm³/mol. The zero-order valence-electron chi connectivity index (χ0n) is 9.41. The molecule has 0 amide bonds. The van der Waals surface area contributed by atoms with Gasteiger partial charge in [-0.25, -0.2) is 0 Å². The maximum atomic E-state index is 9.34. The monoisotopic (exact) mass is 306 g/mol. The molecule has 4 heteroatoms. The van der Waals surface area contributed by atoms with E-state index in [1.165, 1.54) is 0 Å². The van der Waals surface area contributed by atoms with Gasteiger partial charge in [-0.15, -0.1) is 11.6 Å². The lowest BCUT2D eigenvalue weighted by molar-refractivity contribution is 0.124. The fourth-order valence-corrected chi connectivity index (χ4v) is 1.80. The molecule has 0 aliphatic rings. The Morgan fingerprint density at radius 2 is 2.12 bits per heavy atom. The zero-order chi connectivity index (χ0) is 12.1. The molecular weight excluding hydrogens is 291 g/mol. The van der Waals surface area contributed by atoms with Crippen LogP contribution >= 0.6 is 27.5 Å². The molecule has 0 aliphatic carbocycles. The van der Waals surface area contributed by atoms with Crippen LogP contribution in [0.5, 0.6) is 5.75 Å². The molecule has 90 valence electrons. The van der Waals surface area contributed by atoms with Crippen molar-refractivity contribution >= 4 is 27.5 Å². The summed E-state index contributed by atoms with van der Waals surface area (Å²) < 4.78 is 6.58. The second kappa shape index (κ2) is 6.48. The first kappa shape index (κ1) is 13.8. The van der Waals surface area contributed by atoms with E-state index in [1.54, 1.807) is 0 Å². The lowest BCUT2D eigenvalue weighted by Crippen LogP contribution is -2.19. The maximum Gasteiger partial charge on any atom is 0.122 e. The summed E-state index contributed by atoms with van der Waals surface area (Å²) in [6.45, 7) is 4.43. The lowest BCUT2D eigenvalue weighted by atomic mass is 10.0. The first-order chi connectivity index (χ1) is 7.54. The fourth-order valence-electron chi connectivity index (χ4n) is 1.33. The van der Waals surface area contributed by atoms with Crippen molar-refractivity contribution < 1.29 is 9.84 Å². The van der Waals surface area contributed by atoms with Crippen molar-refractivity contribution in [3.63, 3.8) is 0 Å². The van der Waals surface area contributed by atoms with Crippen LogP contribution in [0.1, 0.15) is 25.3 Å². The maximum absolute atomic E-state index is 9.34. The minimum Gasteiger partial charge on any atom is -0.491 e. The number of alkyl halides is 1. The van der Waals surface area contributed by atoms with Crippen molar-refractivity contribution in [1.82, 2.24) is 0 Å². The summed E-state index contributed by atoms with van der Waals surface area (Å²) in [5.41, 5.74) is 1.12. The van der Waals surface area contributed by atoms with Crippen molar-refractivity contribution in [3.05, 3.63) is 28.2 Å². The Kier molecular flexibility index (Phi) is 5.59. The molecule has 0 aliphatic heterocycles. The molecule has 2 nitrogen and oxygen atoms in total. The van der Waals surface area contributed by atoms with Crippen molar-refractivity contribution in [2.45, 2.75) is 25.9 Å². The SMILES string of the molecule is CC(C)c1cc(Br)ccc1OCC(O)CCl. The van der Waals surface area contributed by atoms with E-state index in [4.69, 9.17) is 16.3 Å². The van der Waals surface area contributed by atoms with Crippen LogP contribution in [0.3, 0.4) is 0 Å². The van der Waals surface area contributed by atoms with Crippen molar-refractivity contribution in [2.75, 3.05) is 12.5 Å². The third-order valence-electron chi connectivity index (χ3n) is 2.20. The standard InChI is InChI=1S/C12H16BrClO2/c1-8(2)11-5-9(13)3-4-12(11)16-7-10(15)6-14/h3-5,8,10,15H,6-7H2,1-2H3. The van der Waals surface area contributed by atoms with Gasteiger partial charge in [0.05, 0.1) is 5.88 Å². The van der Waals surface area contributed by atoms with Gasteiger partial charge in [0.1, 0.15) is 18.5 Å². The van der Waals surface area contributed by atoms with E-state index in [9.17, 15) is 5.11 Å². The van der Waals surface area contributed by atoms with Gasteiger partial charge >= 0.3 is 0 Å². The number of hydrogen-bond acceptors (Lipinski definition) is 2. The molecule has 0 saturated heterocycles. The van der Waals surface area contributed by atoms with Gasteiger partial charge in [-0.05, 0) is 29.7 Å². The van der Waals surface area contributed by atoms with E-state index in [0.717, 1.165) is 15.8 Å². The van der Waals surface area contributed by atoms with E-state index in [1.807, 2.05) is 18.2 Å². The summed E-state index contributed by atoms with van der Waals surface area (Å²) in [5, 5.41) is 9.34. The highest BCUT2D eigenvalue weighted by atomic mass is 79.9. The molecular formula is C12H16BrClO2. The van der Waals surface area contributed by atoms with Crippen molar-refractivity contribution in [3.8, 4) is 5.75 Å². The van der Waals surface area contributed by atoms with Gasteiger partial charge < -0.3 is 9.84 Å². The highest BCUT2D eigenvalue weighted by Gasteiger charge is 2.10. The molecule has 1 rings (SSSR count). The Morgan fingerprint density at radius 3 is 2.69 bits per heavy atom. The number of halogens is 2. The van der Waals surface area contributed by atoms with Crippen LogP contribution < -0.4 is 4.74 Å². The largest absolute Gasteiger partial charge is 0.491 e. The fraction of sp³-hybridized carbons (Fsp3) is 0.500. The third-order valence-corrected chi connectivity index (χ3v) is 3.05. The minimum absolute atomic E-state index is 0.188. The molecule has 0 radical (unpaired) electrons. The van der Waals surface area contributed by atoms with Gasteiger partial charge in [0.2, 0.25) is 0 Å². The zero-order valence-corrected chi connectivity index (χ0v) is 11.8. The van der Waals surface area contributed by atoms with Crippen LogP contribution in [0.25, 0.3) is 0 Å². The molecule has 1 aromatic rings. The minimum atomic E-state index is -0.620. The molecule has 1 atom stereocenters. The lowest BCUT2D eigenvalue weighted by Gasteiger charge is -2.16. The van der Waals surface area contributed by atoms with E-state index in [0.29, 0.717) is 5.92 Å². The van der Waals surface area contributed by atoms with Crippen molar-refractivity contribution in [2.24, 2.45) is 0 Å². The average Bonchev–Trinajstić information content (AvgIpc) is 2.26. The topological polar surface area (TPSA) is 29.5 Å². The summed E-state index contributed by atoms with van der Waals surface area (Å²) in [6.07, 6.45) is -0.620. The average molecular weight is 308 g/mol. The molecule has 0 saturated carbocycles. The van der Waals surface area contributed by atoms with Crippen LogP contribution in [-0.2, 0) is 0 Å². The number of hydrogen-bond donors (Lipinski definition) is 1. The van der Waals surface area contributed by atoms with E-state index >= 15 is 0 Å². The van der Waals surface area contributed by atoms with Gasteiger partial charge in [-0.2, -0.15) is 0 Å².